The van der Waals surface area contributed by atoms with Gasteiger partial charge in [-0.2, -0.15) is 0 Å². The SMILES string of the molecule is O=C(COc1ccnc2c1CCCC2)NCc1ccco1. The fourth-order valence-corrected chi connectivity index (χ4v) is 2.52. The molecule has 0 fully saturated rings. The quantitative estimate of drug-likeness (QED) is 0.915. The van der Waals surface area contributed by atoms with Gasteiger partial charge >= 0.3 is 0 Å². The number of nitrogens with one attached hydrogen (secondary N) is 1. The van der Waals surface area contributed by atoms with Crippen LogP contribution in [0.5, 0.6) is 5.75 Å². The van der Waals surface area contributed by atoms with Gasteiger partial charge in [-0.3, -0.25) is 9.78 Å². The van der Waals surface area contributed by atoms with Crippen molar-refractivity contribution in [2.75, 3.05) is 6.61 Å². The van der Waals surface area contributed by atoms with E-state index in [0.29, 0.717) is 6.54 Å². The standard InChI is InChI=1S/C16H18N2O3/c19-16(18-10-12-4-3-9-20-12)11-21-15-7-8-17-14-6-2-1-5-13(14)15/h3-4,7-9H,1-2,5-6,10-11H2,(H,18,19). The van der Waals surface area contributed by atoms with E-state index in [4.69, 9.17) is 9.15 Å². The summed E-state index contributed by atoms with van der Waals surface area (Å²) in [4.78, 5) is 16.2. The zero-order valence-electron chi connectivity index (χ0n) is 11.8. The lowest BCUT2D eigenvalue weighted by Crippen LogP contribution is -2.28. The van der Waals surface area contributed by atoms with Crippen LogP contribution in [0.2, 0.25) is 0 Å². The number of pyridine rings is 1. The predicted molar refractivity (Wildman–Crippen MR) is 76.9 cm³/mol. The molecule has 0 unspecified atom stereocenters. The lowest BCUT2D eigenvalue weighted by Gasteiger charge is -2.18. The van der Waals surface area contributed by atoms with E-state index in [2.05, 4.69) is 10.3 Å². The number of hydrogen-bond acceptors (Lipinski definition) is 4. The number of aryl methyl sites for hydroxylation is 1. The third-order valence-corrected chi connectivity index (χ3v) is 3.59. The Morgan fingerprint density at radius 1 is 1.33 bits per heavy atom. The van der Waals surface area contributed by atoms with Crippen molar-refractivity contribution in [1.82, 2.24) is 10.3 Å². The smallest absolute Gasteiger partial charge is 0.258 e. The monoisotopic (exact) mass is 286 g/mol. The summed E-state index contributed by atoms with van der Waals surface area (Å²) in [6, 6.07) is 5.45. The van der Waals surface area contributed by atoms with Crippen LogP contribution in [0, 0.1) is 0 Å². The zero-order valence-corrected chi connectivity index (χ0v) is 11.8. The molecule has 0 atom stereocenters. The number of ether oxygens (including phenoxy) is 1. The highest BCUT2D eigenvalue weighted by Gasteiger charge is 2.15. The van der Waals surface area contributed by atoms with E-state index in [0.717, 1.165) is 42.0 Å². The summed E-state index contributed by atoms with van der Waals surface area (Å²) in [6.45, 7) is 0.390. The van der Waals surface area contributed by atoms with Crippen molar-refractivity contribution in [2.45, 2.75) is 32.2 Å². The molecule has 1 N–H and O–H groups in total. The minimum atomic E-state index is -0.159. The predicted octanol–water partition coefficient (Wildman–Crippen LogP) is 2.25. The van der Waals surface area contributed by atoms with Gasteiger partial charge in [0.1, 0.15) is 11.5 Å². The highest BCUT2D eigenvalue weighted by molar-refractivity contribution is 5.77. The van der Waals surface area contributed by atoms with Gasteiger partial charge < -0.3 is 14.5 Å². The van der Waals surface area contributed by atoms with Gasteiger partial charge in [0.05, 0.1) is 12.8 Å². The van der Waals surface area contributed by atoms with Crippen LogP contribution in [0.4, 0.5) is 0 Å². The molecule has 0 aliphatic heterocycles. The molecule has 3 rings (SSSR count). The molecule has 1 aliphatic carbocycles. The normalized spacial score (nSPS) is 13.5. The van der Waals surface area contributed by atoms with Crippen molar-refractivity contribution in [1.29, 1.82) is 0 Å². The van der Waals surface area contributed by atoms with Crippen LogP contribution in [0.1, 0.15) is 29.9 Å². The highest BCUT2D eigenvalue weighted by atomic mass is 16.5. The molecule has 1 aliphatic rings. The van der Waals surface area contributed by atoms with Crippen molar-refractivity contribution in [3.8, 4) is 5.75 Å². The number of aromatic nitrogens is 1. The number of carbonyl (C=O) groups excluding carboxylic acids is 1. The van der Waals surface area contributed by atoms with Gasteiger partial charge in [0.2, 0.25) is 0 Å². The van der Waals surface area contributed by atoms with Crippen molar-refractivity contribution in [2.24, 2.45) is 0 Å². The summed E-state index contributed by atoms with van der Waals surface area (Å²) in [7, 11) is 0. The molecule has 2 aromatic heterocycles. The Hall–Kier alpha value is -2.30. The first-order valence-corrected chi connectivity index (χ1v) is 7.21. The topological polar surface area (TPSA) is 64.4 Å². The Labute approximate surface area is 123 Å². The molecule has 0 spiro atoms. The van der Waals surface area contributed by atoms with Crippen LogP contribution in [0.3, 0.4) is 0 Å². The first kappa shape index (κ1) is 13.7. The summed E-state index contributed by atoms with van der Waals surface area (Å²) in [5.74, 6) is 1.35. The van der Waals surface area contributed by atoms with Gasteiger partial charge in [-0.25, -0.2) is 0 Å². The Balaban J connectivity index is 1.54. The molecule has 0 saturated heterocycles. The molecule has 1 amide bonds. The molecule has 2 aromatic rings. The average Bonchev–Trinajstić information content (AvgIpc) is 3.04. The van der Waals surface area contributed by atoms with E-state index in [1.165, 1.54) is 6.42 Å². The maximum atomic E-state index is 11.8. The molecule has 5 heteroatoms. The van der Waals surface area contributed by atoms with E-state index < -0.39 is 0 Å². The highest BCUT2D eigenvalue weighted by Crippen LogP contribution is 2.27. The fraction of sp³-hybridized carbons (Fsp3) is 0.375. The Bertz CT molecular complexity index is 608. The van der Waals surface area contributed by atoms with Crippen molar-refractivity contribution < 1.29 is 13.9 Å². The first-order valence-electron chi connectivity index (χ1n) is 7.21. The van der Waals surface area contributed by atoms with E-state index in [1.807, 2.05) is 12.1 Å². The van der Waals surface area contributed by atoms with Gasteiger partial charge in [0, 0.05) is 17.5 Å². The second-order valence-electron chi connectivity index (χ2n) is 5.09. The number of hydrogen-bond donors (Lipinski definition) is 1. The molecule has 0 aromatic carbocycles. The van der Waals surface area contributed by atoms with Crippen LogP contribution in [-0.2, 0) is 24.2 Å². The van der Waals surface area contributed by atoms with Gasteiger partial charge in [-0.05, 0) is 43.9 Å². The molecule has 0 bridgehead atoms. The second kappa shape index (κ2) is 6.43. The van der Waals surface area contributed by atoms with Crippen LogP contribution >= 0.6 is 0 Å². The number of fused-ring (bicyclic) bond motifs is 1. The summed E-state index contributed by atoms with van der Waals surface area (Å²) in [5, 5.41) is 2.76. The third-order valence-electron chi connectivity index (χ3n) is 3.59. The fourth-order valence-electron chi connectivity index (χ4n) is 2.52. The molecule has 0 saturated carbocycles. The Kier molecular flexibility index (Phi) is 4.19. The number of carbonyl (C=O) groups is 1. The maximum absolute atomic E-state index is 11.8. The van der Waals surface area contributed by atoms with Crippen molar-refractivity contribution in [3.63, 3.8) is 0 Å². The molecular weight excluding hydrogens is 268 g/mol. The molecular formula is C16H18N2O3. The van der Waals surface area contributed by atoms with Crippen molar-refractivity contribution in [3.05, 3.63) is 47.7 Å². The molecule has 5 nitrogen and oxygen atoms in total. The van der Waals surface area contributed by atoms with Crippen LogP contribution in [0.25, 0.3) is 0 Å². The molecule has 110 valence electrons. The third kappa shape index (κ3) is 3.42. The molecule has 21 heavy (non-hydrogen) atoms. The van der Waals surface area contributed by atoms with Crippen LogP contribution in [0.15, 0.2) is 35.1 Å². The van der Waals surface area contributed by atoms with Gasteiger partial charge in [-0.1, -0.05) is 0 Å². The van der Waals surface area contributed by atoms with Gasteiger partial charge in [-0.15, -0.1) is 0 Å². The Morgan fingerprint density at radius 2 is 2.24 bits per heavy atom. The average molecular weight is 286 g/mol. The largest absolute Gasteiger partial charge is 0.483 e. The minimum absolute atomic E-state index is 0.0111. The number of rotatable bonds is 5. The summed E-state index contributed by atoms with van der Waals surface area (Å²) >= 11 is 0. The van der Waals surface area contributed by atoms with E-state index in [9.17, 15) is 4.79 Å². The lowest BCUT2D eigenvalue weighted by molar-refractivity contribution is -0.123. The van der Waals surface area contributed by atoms with E-state index in [1.54, 1.807) is 18.5 Å². The van der Waals surface area contributed by atoms with Gasteiger partial charge in [0.25, 0.3) is 5.91 Å². The number of nitrogens with zero attached hydrogens (tertiary/aromatic N) is 1. The van der Waals surface area contributed by atoms with Crippen LogP contribution < -0.4 is 10.1 Å². The van der Waals surface area contributed by atoms with E-state index in [-0.39, 0.29) is 12.5 Å². The summed E-state index contributed by atoms with van der Waals surface area (Å²) < 4.78 is 10.8. The molecule has 0 radical (unpaired) electrons. The minimum Gasteiger partial charge on any atom is -0.483 e. The van der Waals surface area contributed by atoms with Crippen LogP contribution in [-0.4, -0.2) is 17.5 Å². The maximum Gasteiger partial charge on any atom is 0.258 e. The lowest BCUT2D eigenvalue weighted by atomic mass is 9.95. The first-order chi connectivity index (χ1) is 10.3. The number of amides is 1. The molecule has 2 heterocycles. The van der Waals surface area contributed by atoms with Gasteiger partial charge in [0.15, 0.2) is 6.61 Å². The summed E-state index contributed by atoms with van der Waals surface area (Å²) in [5.41, 5.74) is 2.26. The number of furan rings is 1. The Morgan fingerprint density at radius 3 is 3.10 bits per heavy atom. The van der Waals surface area contributed by atoms with E-state index >= 15 is 0 Å². The van der Waals surface area contributed by atoms with Crippen molar-refractivity contribution >= 4 is 5.91 Å². The summed E-state index contributed by atoms with van der Waals surface area (Å²) in [6.07, 6.45) is 7.64. The second-order valence-corrected chi connectivity index (χ2v) is 5.09. The zero-order chi connectivity index (χ0) is 14.5.